The summed E-state index contributed by atoms with van der Waals surface area (Å²) in [5.74, 6) is 0.234. The van der Waals surface area contributed by atoms with Gasteiger partial charge in [0.2, 0.25) is 5.91 Å². The average Bonchev–Trinajstić information content (AvgIpc) is 2.23. The number of nitrogens with zero attached hydrogens (tertiary/aromatic N) is 1. The third-order valence-electron chi connectivity index (χ3n) is 2.97. The van der Waals surface area contributed by atoms with Crippen molar-refractivity contribution in [2.75, 3.05) is 39.9 Å². The first-order valence-corrected chi connectivity index (χ1v) is 6.32. The van der Waals surface area contributed by atoms with E-state index < -0.39 is 0 Å². The molecule has 0 radical (unpaired) electrons. The van der Waals surface area contributed by atoms with E-state index in [0.717, 1.165) is 32.5 Å². The number of nitrogens with one attached hydrogen (secondary N) is 1. The molecule has 0 aromatic carbocycles. The first kappa shape index (κ1) is 16.7. The van der Waals surface area contributed by atoms with Crippen LogP contribution in [0.15, 0.2) is 0 Å². The molecule has 0 spiro atoms. The van der Waals surface area contributed by atoms with Crippen LogP contribution in [0.1, 0.15) is 32.1 Å². The van der Waals surface area contributed by atoms with Crippen LogP contribution < -0.4 is 5.32 Å². The van der Waals surface area contributed by atoms with Crippen LogP contribution in [0.3, 0.4) is 0 Å². The molecule has 0 unspecified atom stereocenters. The van der Waals surface area contributed by atoms with Gasteiger partial charge in [-0.2, -0.15) is 0 Å². The summed E-state index contributed by atoms with van der Waals surface area (Å²) in [6.07, 6.45) is 6.17. The lowest BCUT2D eigenvalue weighted by Gasteiger charge is -2.24. The van der Waals surface area contributed by atoms with E-state index in [0.29, 0.717) is 13.2 Å². The maximum atomic E-state index is 11.8. The summed E-state index contributed by atoms with van der Waals surface area (Å²) >= 11 is 0. The van der Waals surface area contributed by atoms with E-state index in [1.165, 1.54) is 19.3 Å². The number of hydrogen-bond donors (Lipinski definition) is 1. The molecule has 1 aliphatic heterocycles. The smallest absolute Gasteiger partial charge is 0.236 e. The van der Waals surface area contributed by atoms with Gasteiger partial charge in [0.15, 0.2) is 0 Å². The molecule has 1 saturated heterocycles. The maximum absolute atomic E-state index is 11.8. The lowest BCUT2D eigenvalue weighted by Crippen LogP contribution is -2.40. The molecule has 102 valence electrons. The molecule has 5 heteroatoms. The summed E-state index contributed by atoms with van der Waals surface area (Å²) in [7, 11) is 1.67. The van der Waals surface area contributed by atoms with E-state index in [2.05, 4.69) is 5.32 Å². The van der Waals surface area contributed by atoms with E-state index in [1.54, 1.807) is 7.11 Å². The minimum absolute atomic E-state index is 0. The molecule has 4 nitrogen and oxygen atoms in total. The zero-order valence-corrected chi connectivity index (χ0v) is 11.6. The van der Waals surface area contributed by atoms with Gasteiger partial charge in [0.25, 0.3) is 0 Å². The van der Waals surface area contributed by atoms with Crippen molar-refractivity contribution in [2.45, 2.75) is 32.1 Å². The summed E-state index contributed by atoms with van der Waals surface area (Å²) in [6, 6.07) is 0. The third-order valence-corrected chi connectivity index (χ3v) is 2.97. The summed E-state index contributed by atoms with van der Waals surface area (Å²) < 4.78 is 4.92. The Bertz CT molecular complexity index is 195. The zero-order chi connectivity index (χ0) is 11.6. The normalized spacial score (nSPS) is 16.9. The Kier molecular flexibility index (Phi) is 10.6. The Morgan fingerprint density at radius 3 is 2.35 bits per heavy atom. The van der Waals surface area contributed by atoms with Crippen LogP contribution in [0.2, 0.25) is 0 Å². The van der Waals surface area contributed by atoms with Crippen molar-refractivity contribution >= 4 is 18.3 Å². The summed E-state index contributed by atoms with van der Waals surface area (Å²) in [5, 5.41) is 3.10. The minimum Gasteiger partial charge on any atom is -0.383 e. The fraction of sp³-hybridized carbons (Fsp3) is 0.917. The Morgan fingerprint density at radius 1 is 1.18 bits per heavy atom. The first-order chi connectivity index (χ1) is 7.84. The average molecular weight is 265 g/mol. The molecule has 1 aliphatic rings. The molecule has 0 aromatic rings. The van der Waals surface area contributed by atoms with Gasteiger partial charge in [-0.25, -0.2) is 0 Å². The number of rotatable bonds is 5. The lowest BCUT2D eigenvalue weighted by atomic mass is 10.1. The minimum atomic E-state index is 0. The second-order valence-electron chi connectivity index (χ2n) is 4.32. The number of amides is 1. The van der Waals surface area contributed by atoms with Gasteiger partial charge in [-0.1, -0.05) is 19.3 Å². The quantitative estimate of drug-likeness (QED) is 0.764. The summed E-state index contributed by atoms with van der Waals surface area (Å²) in [6.45, 7) is 3.72. The second kappa shape index (κ2) is 10.8. The number of likely N-dealkylation sites (tertiary alicyclic amines) is 1. The Hall–Kier alpha value is -0.320. The highest BCUT2D eigenvalue weighted by molar-refractivity contribution is 5.85. The fourth-order valence-electron chi connectivity index (χ4n) is 1.98. The van der Waals surface area contributed by atoms with Crippen LogP contribution in [0.25, 0.3) is 0 Å². The highest BCUT2D eigenvalue weighted by Crippen LogP contribution is 2.10. The first-order valence-electron chi connectivity index (χ1n) is 6.32. The zero-order valence-electron chi connectivity index (χ0n) is 10.7. The van der Waals surface area contributed by atoms with Crippen molar-refractivity contribution in [2.24, 2.45) is 0 Å². The van der Waals surface area contributed by atoms with Crippen molar-refractivity contribution in [1.82, 2.24) is 10.2 Å². The van der Waals surface area contributed by atoms with Crippen molar-refractivity contribution in [3.05, 3.63) is 0 Å². The van der Waals surface area contributed by atoms with Crippen molar-refractivity contribution < 1.29 is 9.53 Å². The molecule has 1 fully saturated rings. The van der Waals surface area contributed by atoms with Gasteiger partial charge < -0.3 is 15.0 Å². The van der Waals surface area contributed by atoms with Crippen LogP contribution in [0.5, 0.6) is 0 Å². The number of halogens is 1. The van der Waals surface area contributed by atoms with Crippen LogP contribution >= 0.6 is 12.4 Å². The molecule has 0 bridgehead atoms. The van der Waals surface area contributed by atoms with Gasteiger partial charge in [0, 0.05) is 26.7 Å². The molecule has 1 N–H and O–H groups in total. The van der Waals surface area contributed by atoms with Crippen LogP contribution in [0, 0.1) is 0 Å². The van der Waals surface area contributed by atoms with Crippen molar-refractivity contribution in [3.8, 4) is 0 Å². The molecule has 17 heavy (non-hydrogen) atoms. The maximum Gasteiger partial charge on any atom is 0.236 e. The van der Waals surface area contributed by atoms with E-state index in [9.17, 15) is 4.79 Å². The van der Waals surface area contributed by atoms with Crippen LogP contribution in [-0.2, 0) is 9.53 Å². The third kappa shape index (κ3) is 7.58. The monoisotopic (exact) mass is 264 g/mol. The molecular formula is C12H25ClN2O2. The number of methoxy groups -OCH3 is 1. The Labute approximate surface area is 110 Å². The molecule has 0 aromatic heterocycles. The van der Waals surface area contributed by atoms with Gasteiger partial charge in [-0.05, 0) is 12.8 Å². The van der Waals surface area contributed by atoms with Gasteiger partial charge in [0.05, 0.1) is 13.2 Å². The van der Waals surface area contributed by atoms with E-state index in [4.69, 9.17) is 4.74 Å². The molecule has 0 atom stereocenters. The largest absolute Gasteiger partial charge is 0.383 e. The predicted octanol–water partition coefficient (Wildman–Crippen LogP) is 1.44. The highest BCUT2D eigenvalue weighted by atomic mass is 35.5. The SMILES string of the molecule is COCCNCC(=O)N1CCCCCCC1.Cl. The van der Waals surface area contributed by atoms with E-state index in [-0.39, 0.29) is 18.3 Å². The van der Waals surface area contributed by atoms with E-state index >= 15 is 0 Å². The van der Waals surface area contributed by atoms with Gasteiger partial charge >= 0.3 is 0 Å². The molecule has 0 saturated carbocycles. The summed E-state index contributed by atoms with van der Waals surface area (Å²) in [5.41, 5.74) is 0. The fourth-order valence-corrected chi connectivity index (χ4v) is 1.98. The van der Waals surface area contributed by atoms with Gasteiger partial charge in [0.1, 0.15) is 0 Å². The molecule has 1 heterocycles. The molecule has 0 aliphatic carbocycles. The van der Waals surface area contributed by atoms with Crippen molar-refractivity contribution in [1.29, 1.82) is 0 Å². The molecular weight excluding hydrogens is 240 g/mol. The lowest BCUT2D eigenvalue weighted by molar-refractivity contribution is -0.130. The highest BCUT2D eigenvalue weighted by Gasteiger charge is 2.13. The van der Waals surface area contributed by atoms with Crippen LogP contribution in [0.4, 0.5) is 0 Å². The predicted molar refractivity (Wildman–Crippen MR) is 71.7 cm³/mol. The van der Waals surface area contributed by atoms with Gasteiger partial charge in [-0.3, -0.25) is 4.79 Å². The summed E-state index contributed by atoms with van der Waals surface area (Å²) in [4.78, 5) is 13.8. The Balaban J connectivity index is 0.00000256. The second-order valence-corrected chi connectivity index (χ2v) is 4.32. The van der Waals surface area contributed by atoms with Crippen molar-refractivity contribution in [3.63, 3.8) is 0 Å². The Morgan fingerprint density at radius 2 is 1.76 bits per heavy atom. The van der Waals surface area contributed by atoms with Crippen LogP contribution in [-0.4, -0.2) is 50.7 Å². The molecule has 1 rings (SSSR count). The number of ether oxygens (including phenoxy) is 1. The standard InChI is InChI=1S/C12H24N2O2.ClH/c1-16-10-7-13-11-12(15)14-8-5-3-2-4-6-9-14;/h13H,2-11H2,1H3;1H. The number of carbonyl (C=O) groups is 1. The number of carbonyl (C=O) groups excluding carboxylic acids is 1. The van der Waals surface area contributed by atoms with E-state index in [1.807, 2.05) is 4.90 Å². The molecule has 1 amide bonds. The number of hydrogen-bond acceptors (Lipinski definition) is 3. The van der Waals surface area contributed by atoms with Gasteiger partial charge in [-0.15, -0.1) is 12.4 Å². The topological polar surface area (TPSA) is 41.6 Å².